The minimum absolute atomic E-state index is 0.138. The van der Waals surface area contributed by atoms with E-state index in [0.29, 0.717) is 6.42 Å². The maximum absolute atomic E-state index is 9.98. The summed E-state index contributed by atoms with van der Waals surface area (Å²) < 4.78 is 6.84. The van der Waals surface area contributed by atoms with Gasteiger partial charge in [-0.2, -0.15) is 0 Å². The third-order valence-corrected chi connectivity index (χ3v) is 10.2. The van der Waals surface area contributed by atoms with Crippen LogP contribution in [0.1, 0.15) is 27.2 Å². The van der Waals surface area contributed by atoms with Gasteiger partial charge in [0.2, 0.25) is 0 Å². The smallest absolute Gasteiger partial charge is 0.261 e. The summed E-state index contributed by atoms with van der Waals surface area (Å²) in [6.07, 6.45) is 2.24. The number of aliphatic hydroxyl groups is 2. The van der Waals surface area contributed by atoms with Crippen LogP contribution in [0.5, 0.6) is 0 Å². The van der Waals surface area contributed by atoms with Crippen LogP contribution in [0.4, 0.5) is 0 Å². The molecule has 0 aliphatic heterocycles. The molecule has 2 N–H and O–H groups in total. The third-order valence-electron chi connectivity index (χ3n) is 5.26. The zero-order valence-electron chi connectivity index (χ0n) is 16.7. The molecule has 0 bridgehead atoms. The highest BCUT2D eigenvalue weighted by molar-refractivity contribution is 6.99. The Morgan fingerprint density at radius 1 is 0.889 bits per heavy atom. The van der Waals surface area contributed by atoms with Crippen molar-refractivity contribution in [3.63, 3.8) is 0 Å². The fourth-order valence-corrected chi connectivity index (χ4v) is 8.34. The second kappa shape index (κ2) is 8.98. The molecular formula is C23H32O3Si. The van der Waals surface area contributed by atoms with Gasteiger partial charge in [0.05, 0.1) is 13.2 Å². The standard InChI is InChI=1S/C23H32O3Si/c1-5-16-23(17-24,18-25)19-26-27(22(2,3)4,20-12-8-6-9-13-20)21-14-10-7-11-15-21/h5-15,24-25H,1,16-19H2,2-4H3. The maximum atomic E-state index is 9.98. The fourth-order valence-electron chi connectivity index (χ4n) is 3.66. The second-order valence-corrected chi connectivity index (χ2v) is 12.6. The molecule has 2 aromatic carbocycles. The lowest BCUT2D eigenvalue weighted by Gasteiger charge is -2.45. The number of aliphatic hydroxyl groups excluding tert-OH is 2. The SMILES string of the molecule is C=CCC(CO)(CO)CO[Si](c1ccccc1)(c1ccccc1)C(C)(C)C. The van der Waals surface area contributed by atoms with Crippen LogP contribution in [0.25, 0.3) is 0 Å². The first-order valence-electron chi connectivity index (χ1n) is 9.43. The molecular weight excluding hydrogens is 352 g/mol. The van der Waals surface area contributed by atoms with Crippen molar-refractivity contribution in [2.75, 3.05) is 19.8 Å². The number of hydrogen-bond acceptors (Lipinski definition) is 3. The first-order chi connectivity index (χ1) is 12.8. The van der Waals surface area contributed by atoms with E-state index in [1.54, 1.807) is 6.08 Å². The van der Waals surface area contributed by atoms with Gasteiger partial charge in [0, 0.05) is 12.0 Å². The molecule has 0 saturated heterocycles. The zero-order chi connectivity index (χ0) is 20.0. The Balaban J connectivity index is 2.60. The van der Waals surface area contributed by atoms with Crippen LogP contribution in [0.3, 0.4) is 0 Å². The van der Waals surface area contributed by atoms with Crippen molar-refractivity contribution in [1.29, 1.82) is 0 Å². The Labute approximate surface area is 164 Å². The summed E-state index contributed by atoms with van der Waals surface area (Å²) in [7, 11) is -2.68. The van der Waals surface area contributed by atoms with E-state index >= 15 is 0 Å². The summed E-state index contributed by atoms with van der Waals surface area (Å²) in [6.45, 7) is 10.4. The molecule has 4 heteroatoms. The zero-order valence-corrected chi connectivity index (χ0v) is 17.7. The van der Waals surface area contributed by atoms with E-state index in [9.17, 15) is 10.2 Å². The summed E-state index contributed by atoms with van der Waals surface area (Å²) in [5, 5.41) is 22.2. The molecule has 0 heterocycles. The predicted octanol–water partition coefficient (Wildman–Crippen LogP) is 3.11. The Bertz CT molecular complexity index is 664. The molecule has 0 amide bonds. The molecule has 146 valence electrons. The molecule has 0 saturated carbocycles. The van der Waals surface area contributed by atoms with Gasteiger partial charge in [0.15, 0.2) is 0 Å². The van der Waals surface area contributed by atoms with Crippen LogP contribution in [0.15, 0.2) is 73.3 Å². The van der Waals surface area contributed by atoms with Crippen LogP contribution in [-0.4, -0.2) is 38.4 Å². The Morgan fingerprint density at radius 2 is 1.33 bits per heavy atom. The Hall–Kier alpha value is -1.72. The summed E-state index contributed by atoms with van der Waals surface area (Å²) >= 11 is 0. The lowest BCUT2D eigenvalue weighted by Crippen LogP contribution is -2.67. The molecule has 3 nitrogen and oxygen atoms in total. The molecule has 0 aliphatic rings. The largest absolute Gasteiger partial charge is 0.407 e. The number of hydrogen-bond donors (Lipinski definition) is 2. The van der Waals surface area contributed by atoms with Gasteiger partial charge in [-0.3, -0.25) is 0 Å². The van der Waals surface area contributed by atoms with Gasteiger partial charge < -0.3 is 14.6 Å². The van der Waals surface area contributed by atoms with Gasteiger partial charge in [-0.05, 0) is 21.8 Å². The van der Waals surface area contributed by atoms with Gasteiger partial charge in [0.1, 0.15) is 0 Å². The van der Waals surface area contributed by atoms with E-state index in [1.807, 2.05) is 36.4 Å². The highest BCUT2D eigenvalue weighted by Gasteiger charge is 2.51. The van der Waals surface area contributed by atoms with Gasteiger partial charge in [-0.1, -0.05) is 87.5 Å². The van der Waals surface area contributed by atoms with Crippen LogP contribution in [0, 0.1) is 5.41 Å². The number of rotatable bonds is 9. The van der Waals surface area contributed by atoms with Crippen LogP contribution in [0.2, 0.25) is 5.04 Å². The lowest BCUT2D eigenvalue weighted by molar-refractivity contribution is 0.0134. The summed E-state index contributed by atoms with van der Waals surface area (Å²) in [6, 6.07) is 20.8. The Kier molecular flexibility index (Phi) is 7.17. The Morgan fingerprint density at radius 3 is 1.67 bits per heavy atom. The molecule has 0 radical (unpaired) electrons. The van der Waals surface area contributed by atoms with E-state index in [0.717, 1.165) is 0 Å². The number of benzene rings is 2. The fraction of sp³-hybridized carbons (Fsp3) is 0.391. The van der Waals surface area contributed by atoms with Crippen molar-refractivity contribution in [1.82, 2.24) is 0 Å². The van der Waals surface area contributed by atoms with Crippen molar-refractivity contribution in [2.24, 2.45) is 5.41 Å². The second-order valence-electron chi connectivity index (χ2n) is 8.26. The van der Waals surface area contributed by atoms with Crippen LogP contribution >= 0.6 is 0 Å². The van der Waals surface area contributed by atoms with Crippen molar-refractivity contribution in [3.8, 4) is 0 Å². The maximum Gasteiger partial charge on any atom is 0.261 e. The van der Waals surface area contributed by atoms with E-state index in [2.05, 4.69) is 51.6 Å². The highest BCUT2D eigenvalue weighted by atomic mass is 28.4. The van der Waals surface area contributed by atoms with Gasteiger partial charge in [0.25, 0.3) is 8.32 Å². The molecule has 0 spiro atoms. The molecule has 2 aromatic rings. The highest BCUT2D eigenvalue weighted by Crippen LogP contribution is 2.38. The van der Waals surface area contributed by atoms with E-state index in [4.69, 9.17) is 4.43 Å². The molecule has 0 aromatic heterocycles. The number of allylic oxidation sites excluding steroid dienone is 1. The van der Waals surface area contributed by atoms with E-state index in [-0.39, 0.29) is 24.9 Å². The van der Waals surface area contributed by atoms with Gasteiger partial charge in [-0.25, -0.2) is 0 Å². The first kappa shape index (κ1) is 21.6. The third kappa shape index (κ3) is 4.41. The van der Waals surface area contributed by atoms with Crippen molar-refractivity contribution < 1.29 is 14.6 Å². The summed E-state index contributed by atoms with van der Waals surface area (Å²) in [5.74, 6) is 0. The average Bonchev–Trinajstić information content (AvgIpc) is 2.68. The first-order valence-corrected chi connectivity index (χ1v) is 11.3. The van der Waals surface area contributed by atoms with Crippen molar-refractivity contribution >= 4 is 18.7 Å². The average molecular weight is 385 g/mol. The predicted molar refractivity (Wildman–Crippen MR) is 115 cm³/mol. The minimum atomic E-state index is -2.68. The van der Waals surface area contributed by atoms with Crippen LogP contribution in [-0.2, 0) is 4.43 Å². The van der Waals surface area contributed by atoms with Gasteiger partial charge in [-0.15, -0.1) is 6.58 Å². The normalized spacial score (nSPS) is 12.8. The quantitative estimate of drug-likeness (QED) is 0.516. The molecule has 0 fully saturated rings. The minimum Gasteiger partial charge on any atom is -0.407 e. The molecule has 27 heavy (non-hydrogen) atoms. The lowest BCUT2D eigenvalue weighted by atomic mass is 9.87. The van der Waals surface area contributed by atoms with E-state index in [1.165, 1.54) is 10.4 Å². The molecule has 0 unspecified atom stereocenters. The van der Waals surface area contributed by atoms with Gasteiger partial charge >= 0.3 is 0 Å². The monoisotopic (exact) mass is 384 g/mol. The summed E-state index contributed by atoms with van der Waals surface area (Å²) in [4.78, 5) is 0. The van der Waals surface area contributed by atoms with Crippen molar-refractivity contribution in [3.05, 3.63) is 73.3 Å². The summed E-state index contributed by atoms with van der Waals surface area (Å²) in [5.41, 5.74) is -0.727. The van der Waals surface area contributed by atoms with Crippen molar-refractivity contribution in [2.45, 2.75) is 32.2 Å². The molecule has 0 aliphatic carbocycles. The van der Waals surface area contributed by atoms with E-state index < -0.39 is 13.7 Å². The molecule has 0 atom stereocenters. The van der Waals surface area contributed by atoms with Crippen LogP contribution < -0.4 is 10.4 Å². The topological polar surface area (TPSA) is 49.7 Å². The molecule has 2 rings (SSSR count).